The SMILES string of the molecule is CCC(C)C1(CF)CN=C(N)C1. The van der Waals surface area contributed by atoms with Crippen LogP contribution in [0, 0.1) is 11.3 Å². The maximum Gasteiger partial charge on any atom is 0.0975 e. The molecular formula is C9H17FN2. The molecule has 1 aliphatic heterocycles. The van der Waals surface area contributed by atoms with Gasteiger partial charge >= 0.3 is 0 Å². The van der Waals surface area contributed by atoms with E-state index in [1.54, 1.807) is 0 Å². The number of nitrogens with zero attached hydrogens (tertiary/aromatic N) is 1. The monoisotopic (exact) mass is 172 g/mol. The number of amidine groups is 1. The van der Waals surface area contributed by atoms with E-state index in [0.717, 1.165) is 6.42 Å². The first-order valence-corrected chi connectivity index (χ1v) is 4.49. The predicted octanol–water partition coefficient (Wildman–Crippen LogP) is 1.75. The second-order valence-corrected chi connectivity index (χ2v) is 3.79. The van der Waals surface area contributed by atoms with Gasteiger partial charge in [0.25, 0.3) is 0 Å². The van der Waals surface area contributed by atoms with Crippen LogP contribution < -0.4 is 5.73 Å². The number of hydrogen-bond acceptors (Lipinski definition) is 2. The van der Waals surface area contributed by atoms with Gasteiger partial charge in [0, 0.05) is 18.4 Å². The first kappa shape index (κ1) is 9.49. The Labute approximate surface area is 73.1 Å². The van der Waals surface area contributed by atoms with E-state index in [9.17, 15) is 4.39 Å². The number of hydrogen-bond donors (Lipinski definition) is 1. The van der Waals surface area contributed by atoms with Gasteiger partial charge in [-0.2, -0.15) is 0 Å². The van der Waals surface area contributed by atoms with Crippen LogP contribution in [0.15, 0.2) is 4.99 Å². The van der Waals surface area contributed by atoms with Crippen LogP contribution in [-0.2, 0) is 0 Å². The zero-order valence-corrected chi connectivity index (χ0v) is 7.81. The number of aliphatic imine (C=N–C) groups is 1. The van der Waals surface area contributed by atoms with Crippen molar-refractivity contribution in [3.8, 4) is 0 Å². The topological polar surface area (TPSA) is 38.4 Å². The second kappa shape index (κ2) is 3.42. The molecule has 0 saturated heterocycles. The minimum absolute atomic E-state index is 0.279. The van der Waals surface area contributed by atoms with E-state index in [0.29, 0.717) is 24.7 Å². The Hall–Kier alpha value is -0.600. The molecule has 0 aliphatic carbocycles. The van der Waals surface area contributed by atoms with Gasteiger partial charge in [-0.05, 0) is 5.92 Å². The van der Waals surface area contributed by atoms with E-state index >= 15 is 0 Å². The van der Waals surface area contributed by atoms with Crippen LogP contribution in [0.4, 0.5) is 4.39 Å². The number of rotatable bonds is 3. The van der Waals surface area contributed by atoms with Crippen molar-refractivity contribution < 1.29 is 4.39 Å². The Morgan fingerprint density at radius 2 is 2.42 bits per heavy atom. The lowest BCUT2D eigenvalue weighted by atomic mass is 9.75. The highest BCUT2D eigenvalue weighted by atomic mass is 19.1. The minimum atomic E-state index is -0.299. The Kier molecular flexibility index (Phi) is 2.70. The molecule has 2 nitrogen and oxygen atoms in total. The minimum Gasteiger partial charge on any atom is -0.387 e. The lowest BCUT2D eigenvalue weighted by Crippen LogP contribution is -2.33. The van der Waals surface area contributed by atoms with Gasteiger partial charge in [-0.25, -0.2) is 0 Å². The van der Waals surface area contributed by atoms with Crippen LogP contribution in [-0.4, -0.2) is 19.1 Å². The summed E-state index contributed by atoms with van der Waals surface area (Å²) < 4.78 is 12.8. The van der Waals surface area contributed by atoms with Gasteiger partial charge in [0.05, 0.1) is 12.5 Å². The highest BCUT2D eigenvalue weighted by molar-refractivity contribution is 5.82. The van der Waals surface area contributed by atoms with Crippen LogP contribution in [0.5, 0.6) is 0 Å². The molecule has 70 valence electrons. The van der Waals surface area contributed by atoms with Crippen molar-refractivity contribution in [1.29, 1.82) is 0 Å². The quantitative estimate of drug-likeness (QED) is 0.692. The van der Waals surface area contributed by atoms with Crippen LogP contribution in [0.1, 0.15) is 26.7 Å². The van der Waals surface area contributed by atoms with Crippen molar-refractivity contribution in [3.05, 3.63) is 0 Å². The Morgan fingerprint density at radius 1 is 1.75 bits per heavy atom. The van der Waals surface area contributed by atoms with Gasteiger partial charge < -0.3 is 5.73 Å². The third-order valence-corrected chi connectivity index (χ3v) is 3.05. The average Bonchev–Trinajstić information content (AvgIpc) is 2.47. The van der Waals surface area contributed by atoms with Crippen molar-refractivity contribution >= 4 is 5.84 Å². The summed E-state index contributed by atoms with van der Waals surface area (Å²) in [6.45, 7) is 4.43. The molecule has 0 aromatic rings. The molecule has 0 aromatic heterocycles. The van der Waals surface area contributed by atoms with Crippen LogP contribution in [0.25, 0.3) is 0 Å². The molecule has 12 heavy (non-hydrogen) atoms. The van der Waals surface area contributed by atoms with Gasteiger partial charge in [0.2, 0.25) is 0 Å². The summed E-state index contributed by atoms with van der Waals surface area (Å²) in [4.78, 5) is 4.08. The lowest BCUT2D eigenvalue weighted by Gasteiger charge is -2.30. The smallest absolute Gasteiger partial charge is 0.0975 e. The molecule has 0 radical (unpaired) electrons. The summed E-state index contributed by atoms with van der Waals surface area (Å²) in [5, 5.41) is 0. The number of halogens is 1. The highest BCUT2D eigenvalue weighted by Gasteiger charge is 2.39. The summed E-state index contributed by atoms with van der Waals surface area (Å²) in [7, 11) is 0. The predicted molar refractivity (Wildman–Crippen MR) is 49.0 cm³/mol. The van der Waals surface area contributed by atoms with E-state index in [-0.39, 0.29) is 12.1 Å². The van der Waals surface area contributed by atoms with Gasteiger partial charge in [-0.15, -0.1) is 0 Å². The van der Waals surface area contributed by atoms with Crippen molar-refractivity contribution in [2.75, 3.05) is 13.2 Å². The molecule has 2 N–H and O–H groups in total. The van der Waals surface area contributed by atoms with Gasteiger partial charge in [-0.3, -0.25) is 9.38 Å². The lowest BCUT2D eigenvalue weighted by molar-refractivity contribution is 0.147. The standard InChI is InChI=1S/C9H17FN2/c1-3-7(2)9(5-10)4-8(11)12-6-9/h7H,3-6H2,1-2H3,(H2,11,12). The fourth-order valence-electron chi connectivity index (χ4n) is 1.72. The molecule has 0 aromatic carbocycles. The maximum atomic E-state index is 12.8. The summed E-state index contributed by atoms with van der Waals surface area (Å²) in [6, 6.07) is 0. The van der Waals surface area contributed by atoms with Crippen molar-refractivity contribution in [2.24, 2.45) is 22.1 Å². The Morgan fingerprint density at radius 3 is 2.75 bits per heavy atom. The third-order valence-electron chi connectivity index (χ3n) is 3.05. The summed E-state index contributed by atoms with van der Waals surface area (Å²) in [5.74, 6) is 0.986. The molecule has 1 rings (SSSR count). The molecular weight excluding hydrogens is 155 g/mol. The maximum absolute atomic E-state index is 12.8. The number of nitrogens with two attached hydrogens (primary N) is 1. The normalized spacial score (nSPS) is 31.8. The molecule has 2 atom stereocenters. The summed E-state index contributed by atoms with van der Waals surface area (Å²) in [5.41, 5.74) is 5.28. The van der Waals surface area contributed by atoms with Crippen LogP contribution >= 0.6 is 0 Å². The highest BCUT2D eigenvalue weighted by Crippen LogP contribution is 2.37. The molecule has 0 spiro atoms. The van der Waals surface area contributed by atoms with Crippen LogP contribution in [0.2, 0.25) is 0 Å². The third kappa shape index (κ3) is 1.45. The molecule has 2 unspecified atom stereocenters. The fourth-order valence-corrected chi connectivity index (χ4v) is 1.72. The second-order valence-electron chi connectivity index (χ2n) is 3.79. The van der Waals surface area contributed by atoms with E-state index in [1.807, 2.05) is 0 Å². The molecule has 0 bridgehead atoms. The zero-order chi connectivity index (χ0) is 9.19. The first-order valence-electron chi connectivity index (χ1n) is 4.49. The van der Waals surface area contributed by atoms with E-state index in [1.165, 1.54) is 0 Å². The Bertz CT molecular complexity index is 191. The van der Waals surface area contributed by atoms with E-state index < -0.39 is 0 Å². The van der Waals surface area contributed by atoms with E-state index in [2.05, 4.69) is 18.8 Å². The first-order chi connectivity index (χ1) is 5.64. The van der Waals surface area contributed by atoms with Crippen molar-refractivity contribution in [2.45, 2.75) is 26.7 Å². The fraction of sp³-hybridized carbons (Fsp3) is 0.889. The molecule has 0 amide bonds. The zero-order valence-electron chi connectivity index (χ0n) is 7.81. The van der Waals surface area contributed by atoms with Crippen LogP contribution in [0.3, 0.4) is 0 Å². The molecule has 3 heteroatoms. The molecule has 0 saturated carbocycles. The molecule has 1 aliphatic rings. The molecule has 1 heterocycles. The Balaban J connectivity index is 2.67. The van der Waals surface area contributed by atoms with Crippen molar-refractivity contribution in [3.63, 3.8) is 0 Å². The molecule has 0 fully saturated rings. The average molecular weight is 172 g/mol. The summed E-state index contributed by atoms with van der Waals surface area (Å²) in [6.07, 6.45) is 1.63. The van der Waals surface area contributed by atoms with Crippen molar-refractivity contribution in [1.82, 2.24) is 0 Å². The number of alkyl halides is 1. The van der Waals surface area contributed by atoms with E-state index in [4.69, 9.17) is 5.73 Å². The van der Waals surface area contributed by atoms with Gasteiger partial charge in [-0.1, -0.05) is 20.3 Å². The summed E-state index contributed by atoms with van der Waals surface area (Å²) >= 11 is 0. The van der Waals surface area contributed by atoms with Gasteiger partial charge in [0.1, 0.15) is 0 Å². The largest absolute Gasteiger partial charge is 0.387 e. The van der Waals surface area contributed by atoms with Gasteiger partial charge in [0.15, 0.2) is 0 Å².